The van der Waals surface area contributed by atoms with Crippen LogP contribution in [0, 0.1) is 0 Å². The summed E-state index contributed by atoms with van der Waals surface area (Å²) >= 11 is 0. The van der Waals surface area contributed by atoms with Crippen LogP contribution in [0.2, 0.25) is 0 Å². The van der Waals surface area contributed by atoms with Gasteiger partial charge < -0.3 is 15.8 Å². The van der Waals surface area contributed by atoms with E-state index in [0.29, 0.717) is 31.9 Å². The average Bonchev–Trinajstić information content (AvgIpc) is 3.05. The SMILES string of the molecule is I.NC(=NCCCC(=O)OC1CCCC1)NCCc1ccccn1. The number of hydrogen-bond acceptors (Lipinski definition) is 4. The van der Waals surface area contributed by atoms with E-state index in [9.17, 15) is 4.79 Å². The molecule has 7 heteroatoms. The standard InChI is InChI=1S/C17H26N4O2.HI/c18-17(21-13-10-14-6-3-4-11-19-14)20-12-5-9-16(22)23-15-7-1-2-8-15;/h3-4,6,11,15H,1-2,5,7-10,12-13H2,(H3,18,20,21);1H. The van der Waals surface area contributed by atoms with Crippen molar-refractivity contribution in [1.82, 2.24) is 10.3 Å². The van der Waals surface area contributed by atoms with Gasteiger partial charge in [-0.25, -0.2) is 0 Å². The molecule has 0 saturated heterocycles. The molecule has 6 nitrogen and oxygen atoms in total. The zero-order valence-corrected chi connectivity index (χ0v) is 16.3. The van der Waals surface area contributed by atoms with Crippen molar-refractivity contribution in [3.8, 4) is 0 Å². The Bertz CT molecular complexity index is 505. The molecule has 0 unspecified atom stereocenters. The molecule has 1 heterocycles. The monoisotopic (exact) mass is 446 g/mol. The van der Waals surface area contributed by atoms with E-state index >= 15 is 0 Å². The molecule has 1 aromatic heterocycles. The second-order valence-electron chi connectivity index (χ2n) is 5.76. The van der Waals surface area contributed by atoms with Crippen LogP contribution in [0.3, 0.4) is 0 Å². The molecule has 1 fully saturated rings. The Labute approximate surface area is 160 Å². The predicted molar refractivity (Wildman–Crippen MR) is 105 cm³/mol. The lowest BCUT2D eigenvalue weighted by Crippen LogP contribution is -2.33. The topological polar surface area (TPSA) is 89.6 Å². The molecule has 0 spiro atoms. The van der Waals surface area contributed by atoms with Gasteiger partial charge >= 0.3 is 5.97 Å². The van der Waals surface area contributed by atoms with Crippen LogP contribution in [0.1, 0.15) is 44.2 Å². The molecule has 0 atom stereocenters. The number of carbonyl (C=O) groups is 1. The maximum atomic E-state index is 11.6. The molecule has 2 rings (SSSR count). The fourth-order valence-electron chi connectivity index (χ4n) is 2.59. The van der Waals surface area contributed by atoms with Crippen LogP contribution >= 0.6 is 24.0 Å². The van der Waals surface area contributed by atoms with Crippen LogP contribution in [0.4, 0.5) is 0 Å². The summed E-state index contributed by atoms with van der Waals surface area (Å²) in [5.74, 6) is 0.291. The second-order valence-corrected chi connectivity index (χ2v) is 5.76. The van der Waals surface area contributed by atoms with Gasteiger partial charge in [-0.15, -0.1) is 24.0 Å². The molecule has 1 aliphatic carbocycles. The Morgan fingerprint density at radius 3 is 2.88 bits per heavy atom. The number of nitrogens with zero attached hydrogens (tertiary/aromatic N) is 2. The van der Waals surface area contributed by atoms with Crippen molar-refractivity contribution in [2.75, 3.05) is 13.1 Å². The Balaban J connectivity index is 0.00000288. The van der Waals surface area contributed by atoms with Gasteiger partial charge in [-0.2, -0.15) is 0 Å². The zero-order chi connectivity index (χ0) is 16.3. The molecule has 0 aromatic carbocycles. The number of rotatable bonds is 8. The fraction of sp³-hybridized carbons (Fsp3) is 0.588. The average molecular weight is 446 g/mol. The van der Waals surface area contributed by atoms with Gasteiger partial charge in [-0.05, 0) is 44.2 Å². The Morgan fingerprint density at radius 2 is 2.17 bits per heavy atom. The van der Waals surface area contributed by atoms with Crippen molar-refractivity contribution in [2.45, 2.75) is 51.0 Å². The van der Waals surface area contributed by atoms with Gasteiger partial charge in [-0.1, -0.05) is 6.07 Å². The van der Waals surface area contributed by atoms with Crippen LogP contribution in [0.15, 0.2) is 29.4 Å². The predicted octanol–water partition coefficient (Wildman–Crippen LogP) is 2.41. The van der Waals surface area contributed by atoms with E-state index in [1.165, 1.54) is 12.8 Å². The first-order chi connectivity index (χ1) is 11.2. The summed E-state index contributed by atoms with van der Waals surface area (Å²) in [6.07, 6.45) is 8.14. The van der Waals surface area contributed by atoms with Crippen LogP contribution in [-0.4, -0.2) is 36.1 Å². The van der Waals surface area contributed by atoms with Crippen molar-refractivity contribution in [2.24, 2.45) is 10.7 Å². The molecular weight excluding hydrogens is 419 g/mol. The molecule has 0 radical (unpaired) electrons. The molecule has 1 aromatic rings. The number of pyridine rings is 1. The fourth-order valence-corrected chi connectivity index (χ4v) is 2.59. The van der Waals surface area contributed by atoms with Gasteiger partial charge in [0.15, 0.2) is 5.96 Å². The summed E-state index contributed by atoms with van der Waals surface area (Å²) in [4.78, 5) is 20.1. The van der Waals surface area contributed by atoms with Crippen molar-refractivity contribution in [3.63, 3.8) is 0 Å². The number of aliphatic imine (C=N–C) groups is 1. The van der Waals surface area contributed by atoms with E-state index in [0.717, 1.165) is 25.0 Å². The highest BCUT2D eigenvalue weighted by molar-refractivity contribution is 14.0. The highest BCUT2D eigenvalue weighted by Gasteiger charge is 2.18. The number of halogens is 1. The van der Waals surface area contributed by atoms with E-state index in [1.54, 1.807) is 6.20 Å². The van der Waals surface area contributed by atoms with Gasteiger partial charge in [0, 0.05) is 37.8 Å². The van der Waals surface area contributed by atoms with Crippen LogP contribution in [-0.2, 0) is 16.0 Å². The number of esters is 1. The van der Waals surface area contributed by atoms with Gasteiger partial charge in [0.25, 0.3) is 0 Å². The number of hydrogen-bond donors (Lipinski definition) is 2. The third-order valence-electron chi connectivity index (χ3n) is 3.83. The number of nitrogens with two attached hydrogens (primary N) is 1. The largest absolute Gasteiger partial charge is 0.462 e. The number of aromatic nitrogens is 1. The second kappa shape index (κ2) is 12.0. The third-order valence-corrected chi connectivity index (χ3v) is 3.83. The zero-order valence-electron chi connectivity index (χ0n) is 13.9. The van der Waals surface area contributed by atoms with Crippen LogP contribution in [0.25, 0.3) is 0 Å². The molecule has 24 heavy (non-hydrogen) atoms. The molecule has 0 amide bonds. The number of guanidine groups is 1. The molecule has 0 aliphatic heterocycles. The minimum absolute atomic E-state index is 0. The van der Waals surface area contributed by atoms with E-state index in [-0.39, 0.29) is 36.0 Å². The Morgan fingerprint density at radius 1 is 1.38 bits per heavy atom. The summed E-state index contributed by atoms with van der Waals surface area (Å²) in [7, 11) is 0. The lowest BCUT2D eigenvalue weighted by Gasteiger charge is -2.10. The van der Waals surface area contributed by atoms with Crippen molar-refractivity contribution in [1.29, 1.82) is 0 Å². The molecular formula is C17H27IN4O2. The smallest absolute Gasteiger partial charge is 0.306 e. The van der Waals surface area contributed by atoms with Crippen molar-refractivity contribution >= 4 is 35.9 Å². The Hall–Kier alpha value is -1.38. The van der Waals surface area contributed by atoms with Gasteiger partial charge in [0.2, 0.25) is 0 Å². The number of nitrogens with one attached hydrogen (secondary N) is 1. The summed E-state index contributed by atoms with van der Waals surface area (Å²) in [5.41, 5.74) is 6.81. The normalized spacial score (nSPS) is 14.9. The highest BCUT2D eigenvalue weighted by Crippen LogP contribution is 2.21. The van der Waals surface area contributed by atoms with Crippen LogP contribution in [0.5, 0.6) is 0 Å². The van der Waals surface area contributed by atoms with Gasteiger partial charge in [-0.3, -0.25) is 14.8 Å². The van der Waals surface area contributed by atoms with E-state index in [1.807, 2.05) is 18.2 Å². The lowest BCUT2D eigenvalue weighted by atomic mass is 10.3. The summed E-state index contributed by atoms with van der Waals surface area (Å²) in [5, 5.41) is 3.05. The van der Waals surface area contributed by atoms with E-state index in [2.05, 4.69) is 15.3 Å². The molecule has 134 valence electrons. The maximum absolute atomic E-state index is 11.6. The lowest BCUT2D eigenvalue weighted by molar-refractivity contribution is -0.148. The van der Waals surface area contributed by atoms with E-state index in [4.69, 9.17) is 10.5 Å². The molecule has 3 N–H and O–H groups in total. The first kappa shape index (κ1) is 20.7. The van der Waals surface area contributed by atoms with Crippen molar-refractivity contribution in [3.05, 3.63) is 30.1 Å². The molecule has 0 bridgehead atoms. The summed E-state index contributed by atoms with van der Waals surface area (Å²) in [6, 6.07) is 5.83. The maximum Gasteiger partial charge on any atom is 0.306 e. The Kier molecular flexibility index (Phi) is 10.4. The number of ether oxygens (including phenoxy) is 1. The van der Waals surface area contributed by atoms with Crippen molar-refractivity contribution < 1.29 is 9.53 Å². The summed E-state index contributed by atoms with van der Waals surface area (Å²) in [6.45, 7) is 1.22. The first-order valence-electron chi connectivity index (χ1n) is 8.37. The van der Waals surface area contributed by atoms with E-state index < -0.39 is 0 Å². The highest BCUT2D eigenvalue weighted by atomic mass is 127. The number of carbonyl (C=O) groups excluding carboxylic acids is 1. The first-order valence-corrected chi connectivity index (χ1v) is 8.37. The summed E-state index contributed by atoms with van der Waals surface area (Å²) < 4.78 is 5.39. The molecule has 1 saturated carbocycles. The van der Waals surface area contributed by atoms with Gasteiger partial charge in [0.05, 0.1) is 0 Å². The minimum Gasteiger partial charge on any atom is -0.462 e. The minimum atomic E-state index is -0.117. The van der Waals surface area contributed by atoms with Crippen LogP contribution < -0.4 is 11.1 Å². The quantitative estimate of drug-likeness (QED) is 0.211. The third kappa shape index (κ3) is 8.47. The van der Waals surface area contributed by atoms with Gasteiger partial charge in [0.1, 0.15) is 6.10 Å². The molecule has 1 aliphatic rings.